The zero-order valence-corrected chi connectivity index (χ0v) is 17.4. The minimum absolute atomic E-state index is 0.0221. The summed E-state index contributed by atoms with van der Waals surface area (Å²) in [7, 11) is 3.18. The smallest absolute Gasteiger partial charge is 0.253 e. The van der Waals surface area contributed by atoms with Crippen molar-refractivity contribution < 1.29 is 18.8 Å². The SMILES string of the molecule is COc1ccc(-c2noc([C@@H]3CCCN(C(=O)c4cccc(C)c4)C3)n2)cc1OC. The van der Waals surface area contributed by atoms with Gasteiger partial charge in [0.05, 0.1) is 20.1 Å². The first-order valence-corrected chi connectivity index (χ1v) is 10.0. The summed E-state index contributed by atoms with van der Waals surface area (Å²) >= 11 is 0. The highest BCUT2D eigenvalue weighted by atomic mass is 16.5. The molecule has 0 aliphatic carbocycles. The van der Waals surface area contributed by atoms with Crippen LogP contribution in [0, 0.1) is 6.92 Å². The van der Waals surface area contributed by atoms with Crippen molar-refractivity contribution in [3.63, 3.8) is 0 Å². The van der Waals surface area contributed by atoms with Crippen molar-refractivity contribution in [1.82, 2.24) is 15.0 Å². The molecule has 156 valence electrons. The molecule has 0 radical (unpaired) electrons. The number of carbonyl (C=O) groups excluding carboxylic acids is 1. The fraction of sp³-hybridized carbons (Fsp3) is 0.348. The van der Waals surface area contributed by atoms with Crippen LogP contribution in [0.1, 0.15) is 40.6 Å². The van der Waals surface area contributed by atoms with Crippen molar-refractivity contribution in [1.29, 1.82) is 0 Å². The minimum Gasteiger partial charge on any atom is -0.493 e. The van der Waals surface area contributed by atoms with Gasteiger partial charge < -0.3 is 18.9 Å². The number of hydrogen-bond donors (Lipinski definition) is 0. The molecule has 0 spiro atoms. The van der Waals surface area contributed by atoms with Crippen LogP contribution in [0.3, 0.4) is 0 Å². The Kier molecular flexibility index (Phi) is 5.70. The maximum atomic E-state index is 12.9. The van der Waals surface area contributed by atoms with E-state index in [2.05, 4.69) is 10.1 Å². The van der Waals surface area contributed by atoms with Crippen LogP contribution in [-0.2, 0) is 0 Å². The maximum absolute atomic E-state index is 12.9. The highest BCUT2D eigenvalue weighted by molar-refractivity contribution is 5.94. The van der Waals surface area contributed by atoms with Crippen LogP contribution < -0.4 is 9.47 Å². The van der Waals surface area contributed by atoms with Crippen molar-refractivity contribution in [2.24, 2.45) is 0 Å². The summed E-state index contributed by atoms with van der Waals surface area (Å²) in [6.07, 6.45) is 1.81. The van der Waals surface area contributed by atoms with Gasteiger partial charge in [0.1, 0.15) is 0 Å². The van der Waals surface area contributed by atoms with Crippen LogP contribution in [0.4, 0.5) is 0 Å². The number of ether oxygens (including phenoxy) is 2. The van der Waals surface area contributed by atoms with Gasteiger partial charge in [-0.15, -0.1) is 0 Å². The zero-order valence-electron chi connectivity index (χ0n) is 17.4. The Morgan fingerprint density at radius 3 is 2.73 bits per heavy atom. The quantitative estimate of drug-likeness (QED) is 0.634. The summed E-state index contributed by atoms with van der Waals surface area (Å²) in [4.78, 5) is 19.4. The average Bonchev–Trinajstić information content (AvgIpc) is 3.28. The van der Waals surface area contributed by atoms with Gasteiger partial charge in [-0.3, -0.25) is 4.79 Å². The zero-order chi connectivity index (χ0) is 21.1. The molecule has 2 heterocycles. The molecule has 1 saturated heterocycles. The van der Waals surface area contributed by atoms with Crippen molar-refractivity contribution in [2.45, 2.75) is 25.7 Å². The molecule has 1 atom stereocenters. The average molecular weight is 407 g/mol. The Morgan fingerprint density at radius 1 is 1.13 bits per heavy atom. The molecule has 1 amide bonds. The number of hydrogen-bond acceptors (Lipinski definition) is 6. The Hall–Kier alpha value is -3.35. The molecule has 0 saturated carbocycles. The van der Waals surface area contributed by atoms with Gasteiger partial charge in [0.25, 0.3) is 5.91 Å². The second-order valence-corrected chi connectivity index (χ2v) is 7.49. The normalized spacial score (nSPS) is 16.4. The van der Waals surface area contributed by atoms with Gasteiger partial charge in [-0.2, -0.15) is 4.98 Å². The highest BCUT2D eigenvalue weighted by Gasteiger charge is 2.29. The topological polar surface area (TPSA) is 77.7 Å². The molecule has 0 unspecified atom stereocenters. The summed E-state index contributed by atoms with van der Waals surface area (Å²) < 4.78 is 16.2. The number of amides is 1. The van der Waals surface area contributed by atoms with E-state index in [0.29, 0.717) is 35.3 Å². The molecule has 2 aromatic carbocycles. The molecule has 1 fully saturated rings. The van der Waals surface area contributed by atoms with Gasteiger partial charge in [0.15, 0.2) is 11.5 Å². The van der Waals surface area contributed by atoms with E-state index in [-0.39, 0.29) is 11.8 Å². The molecule has 0 N–H and O–H groups in total. The molecule has 1 aliphatic heterocycles. The molecule has 7 heteroatoms. The lowest BCUT2D eigenvalue weighted by atomic mass is 9.97. The predicted molar refractivity (Wildman–Crippen MR) is 112 cm³/mol. The summed E-state index contributed by atoms with van der Waals surface area (Å²) in [5.41, 5.74) is 2.57. The number of aryl methyl sites for hydroxylation is 1. The molecule has 1 aromatic heterocycles. The third-order valence-corrected chi connectivity index (χ3v) is 5.41. The van der Waals surface area contributed by atoms with E-state index in [9.17, 15) is 4.79 Å². The van der Waals surface area contributed by atoms with Crippen LogP contribution in [0.5, 0.6) is 11.5 Å². The number of rotatable bonds is 5. The number of carbonyl (C=O) groups is 1. The summed E-state index contributed by atoms with van der Waals surface area (Å²) in [5, 5.41) is 4.15. The lowest BCUT2D eigenvalue weighted by Gasteiger charge is -2.31. The summed E-state index contributed by atoms with van der Waals surface area (Å²) in [6, 6.07) is 13.2. The minimum atomic E-state index is 0.0221. The second-order valence-electron chi connectivity index (χ2n) is 7.49. The molecule has 7 nitrogen and oxygen atoms in total. The predicted octanol–water partition coefficient (Wildman–Crippen LogP) is 4.08. The first-order valence-electron chi connectivity index (χ1n) is 10.0. The van der Waals surface area contributed by atoms with Gasteiger partial charge in [0.2, 0.25) is 11.7 Å². The van der Waals surface area contributed by atoms with E-state index in [1.807, 2.05) is 54.3 Å². The molecule has 3 aromatic rings. The van der Waals surface area contributed by atoms with Gasteiger partial charge in [-0.1, -0.05) is 22.9 Å². The monoisotopic (exact) mass is 407 g/mol. The van der Waals surface area contributed by atoms with Crippen molar-refractivity contribution in [3.05, 3.63) is 59.5 Å². The van der Waals surface area contributed by atoms with Crippen molar-refractivity contribution in [2.75, 3.05) is 27.3 Å². The number of likely N-dealkylation sites (tertiary alicyclic amines) is 1. The highest BCUT2D eigenvalue weighted by Crippen LogP contribution is 2.33. The van der Waals surface area contributed by atoms with Crippen molar-refractivity contribution in [3.8, 4) is 22.9 Å². The van der Waals surface area contributed by atoms with E-state index >= 15 is 0 Å². The number of methoxy groups -OCH3 is 2. The second kappa shape index (κ2) is 8.57. The van der Waals surface area contributed by atoms with E-state index in [0.717, 1.165) is 30.5 Å². The lowest BCUT2D eigenvalue weighted by molar-refractivity contribution is 0.0695. The molecular weight excluding hydrogens is 382 g/mol. The molecule has 0 bridgehead atoms. The van der Waals surface area contributed by atoms with Gasteiger partial charge in [-0.25, -0.2) is 0 Å². The van der Waals surface area contributed by atoms with E-state index in [4.69, 9.17) is 14.0 Å². The van der Waals surface area contributed by atoms with Crippen LogP contribution in [0.15, 0.2) is 47.0 Å². The van der Waals surface area contributed by atoms with E-state index in [1.165, 1.54) is 0 Å². The van der Waals surface area contributed by atoms with Crippen LogP contribution in [-0.4, -0.2) is 48.3 Å². The third-order valence-electron chi connectivity index (χ3n) is 5.41. The standard InChI is InChI=1S/C23H25N3O4/c1-15-6-4-7-17(12-15)23(27)26-11-5-8-18(14-26)22-24-21(25-30-22)16-9-10-19(28-2)20(13-16)29-3/h4,6-7,9-10,12-13,18H,5,8,11,14H2,1-3H3/t18-/m1/s1. The van der Waals surface area contributed by atoms with Crippen LogP contribution >= 0.6 is 0 Å². The van der Waals surface area contributed by atoms with Gasteiger partial charge in [-0.05, 0) is 50.1 Å². The summed E-state index contributed by atoms with van der Waals surface area (Å²) in [6.45, 7) is 3.30. The van der Waals surface area contributed by atoms with Crippen LogP contribution in [0.25, 0.3) is 11.4 Å². The largest absolute Gasteiger partial charge is 0.493 e. The fourth-order valence-corrected chi connectivity index (χ4v) is 3.82. The van der Waals surface area contributed by atoms with Crippen LogP contribution in [0.2, 0.25) is 0 Å². The summed E-state index contributed by atoms with van der Waals surface area (Å²) in [5.74, 6) is 2.36. The Morgan fingerprint density at radius 2 is 1.97 bits per heavy atom. The molecule has 1 aliphatic rings. The molecule has 30 heavy (non-hydrogen) atoms. The number of piperidine rings is 1. The Labute approximate surface area is 175 Å². The Bertz CT molecular complexity index is 1050. The first kappa shape index (κ1) is 19.9. The first-order chi connectivity index (χ1) is 14.6. The van der Waals surface area contributed by atoms with E-state index < -0.39 is 0 Å². The number of nitrogens with zero attached hydrogens (tertiary/aromatic N) is 3. The fourth-order valence-electron chi connectivity index (χ4n) is 3.82. The third kappa shape index (κ3) is 4.01. The number of aromatic nitrogens is 2. The number of benzene rings is 2. The van der Waals surface area contributed by atoms with E-state index in [1.54, 1.807) is 14.2 Å². The molecule has 4 rings (SSSR count). The molecular formula is C23H25N3O4. The van der Waals surface area contributed by atoms with Crippen molar-refractivity contribution >= 4 is 5.91 Å². The maximum Gasteiger partial charge on any atom is 0.253 e. The van der Waals surface area contributed by atoms with Gasteiger partial charge in [0, 0.05) is 24.2 Å². The lowest BCUT2D eigenvalue weighted by Crippen LogP contribution is -2.39. The van der Waals surface area contributed by atoms with Gasteiger partial charge >= 0.3 is 0 Å². The Balaban J connectivity index is 1.51.